The van der Waals surface area contributed by atoms with Crippen molar-refractivity contribution in [1.82, 2.24) is 25.6 Å². The number of carbonyl (C=O) groups excluding carboxylic acids is 1. The Kier molecular flexibility index (Phi) is 2.02. The van der Waals surface area contributed by atoms with Gasteiger partial charge in [-0.3, -0.25) is 4.79 Å². The summed E-state index contributed by atoms with van der Waals surface area (Å²) in [6.45, 7) is 1.43. The second-order valence-corrected chi connectivity index (χ2v) is 2.69. The van der Waals surface area contributed by atoms with E-state index in [0.29, 0.717) is 11.4 Å². The zero-order valence-electron chi connectivity index (χ0n) is 7.43. The second-order valence-electron chi connectivity index (χ2n) is 2.69. The van der Waals surface area contributed by atoms with Gasteiger partial charge in [-0.25, -0.2) is 0 Å². The summed E-state index contributed by atoms with van der Waals surface area (Å²) in [5.41, 5.74) is 1.25. The Bertz CT molecular complexity index is 450. The van der Waals surface area contributed by atoms with E-state index >= 15 is 0 Å². The van der Waals surface area contributed by atoms with Crippen LogP contribution in [0.25, 0.3) is 11.4 Å². The summed E-state index contributed by atoms with van der Waals surface area (Å²) in [5, 5.41) is 17.5. The molecule has 0 aliphatic rings. The lowest BCUT2D eigenvalue weighted by Gasteiger charge is -1.93. The van der Waals surface area contributed by atoms with Crippen molar-refractivity contribution in [2.24, 2.45) is 0 Å². The molecule has 0 bridgehead atoms. The number of H-pyrrole nitrogens is 1. The summed E-state index contributed by atoms with van der Waals surface area (Å²) in [6, 6.07) is 3.44. The number of hydrogen-bond acceptors (Lipinski definition) is 5. The summed E-state index contributed by atoms with van der Waals surface area (Å²) in [4.78, 5) is 11.1. The molecule has 0 aliphatic carbocycles. The highest BCUT2D eigenvalue weighted by Crippen LogP contribution is 2.15. The molecular weight excluding hydrogens is 182 g/mol. The van der Waals surface area contributed by atoms with Crippen LogP contribution in [0.3, 0.4) is 0 Å². The average Bonchev–Trinajstić information content (AvgIpc) is 2.67. The van der Waals surface area contributed by atoms with E-state index in [0.717, 1.165) is 0 Å². The second kappa shape index (κ2) is 3.33. The molecule has 0 aromatic carbocycles. The number of nitrogens with one attached hydrogen (secondary N) is 1. The largest absolute Gasteiger partial charge is 0.293 e. The number of ketones is 1. The number of aromatic nitrogens is 5. The van der Waals surface area contributed by atoms with Crippen molar-refractivity contribution < 1.29 is 4.79 Å². The first kappa shape index (κ1) is 8.49. The normalized spacial score (nSPS) is 10.1. The van der Waals surface area contributed by atoms with Crippen LogP contribution in [0.1, 0.15) is 17.4 Å². The smallest absolute Gasteiger partial charge is 0.182 e. The van der Waals surface area contributed by atoms with Crippen molar-refractivity contribution in [3.63, 3.8) is 0 Å². The molecule has 0 saturated heterocycles. The molecule has 70 valence electrons. The Labute approximate surface area is 79.4 Å². The minimum absolute atomic E-state index is 0.153. The third kappa shape index (κ3) is 1.37. The summed E-state index contributed by atoms with van der Waals surface area (Å²) < 4.78 is 0. The van der Waals surface area contributed by atoms with Crippen LogP contribution in [0.2, 0.25) is 0 Å². The lowest BCUT2D eigenvalue weighted by atomic mass is 10.2. The van der Waals surface area contributed by atoms with Crippen LogP contribution in [0.5, 0.6) is 0 Å². The molecular formula is C8H7N5O. The molecule has 2 aromatic rings. The molecule has 0 saturated carbocycles. The lowest BCUT2D eigenvalue weighted by molar-refractivity contribution is 0.101. The fourth-order valence-corrected chi connectivity index (χ4v) is 1.08. The first-order valence-electron chi connectivity index (χ1n) is 3.99. The number of Topliss-reactive ketones (excluding diaryl/α,β-unsaturated/α-hetero) is 1. The van der Waals surface area contributed by atoms with E-state index in [1.54, 1.807) is 18.3 Å². The van der Waals surface area contributed by atoms with Gasteiger partial charge < -0.3 is 0 Å². The SMILES string of the molecule is CC(=O)c1n[nH]nc1-c1cccnn1. The number of nitrogens with zero attached hydrogens (tertiary/aromatic N) is 4. The summed E-state index contributed by atoms with van der Waals surface area (Å²) in [6.07, 6.45) is 1.55. The third-order valence-corrected chi connectivity index (χ3v) is 1.70. The highest BCUT2D eigenvalue weighted by molar-refractivity contribution is 5.97. The Hall–Kier alpha value is -2.11. The van der Waals surface area contributed by atoms with E-state index in [-0.39, 0.29) is 11.5 Å². The summed E-state index contributed by atoms with van der Waals surface area (Å²) in [7, 11) is 0. The lowest BCUT2D eigenvalue weighted by Crippen LogP contribution is -1.97. The van der Waals surface area contributed by atoms with E-state index in [4.69, 9.17) is 0 Å². The Morgan fingerprint density at radius 2 is 2.29 bits per heavy atom. The molecule has 2 rings (SSSR count). The predicted molar refractivity (Wildman–Crippen MR) is 47.4 cm³/mol. The van der Waals surface area contributed by atoms with Crippen LogP contribution in [0.4, 0.5) is 0 Å². The fraction of sp³-hybridized carbons (Fsp3) is 0.125. The van der Waals surface area contributed by atoms with Gasteiger partial charge in [-0.1, -0.05) is 0 Å². The summed E-state index contributed by atoms with van der Waals surface area (Å²) >= 11 is 0. The number of aromatic amines is 1. The molecule has 0 spiro atoms. The topological polar surface area (TPSA) is 84.4 Å². The number of carbonyl (C=O) groups is 1. The molecule has 0 atom stereocenters. The zero-order chi connectivity index (χ0) is 9.97. The maximum Gasteiger partial charge on any atom is 0.182 e. The molecule has 6 nitrogen and oxygen atoms in total. The quantitative estimate of drug-likeness (QED) is 0.694. The van der Waals surface area contributed by atoms with Gasteiger partial charge in [0.25, 0.3) is 0 Å². The minimum Gasteiger partial charge on any atom is -0.293 e. The maximum atomic E-state index is 11.1. The highest BCUT2D eigenvalue weighted by atomic mass is 16.1. The van der Waals surface area contributed by atoms with Crippen LogP contribution in [-0.4, -0.2) is 31.4 Å². The Balaban J connectivity index is 2.52. The first-order chi connectivity index (χ1) is 6.79. The fourth-order valence-electron chi connectivity index (χ4n) is 1.08. The number of rotatable bonds is 2. The molecule has 0 unspecified atom stereocenters. The van der Waals surface area contributed by atoms with Gasteiger partial charge in [0.05, 0.1) is 0 Å². The average molecular weight is 189 g/mol. The van der Waals surface area contributed by atoms with Gasteiger partial charge in [0.15, 0.2) is 11.5 Å². The number of hydrogen-bond donors (Lipinski definition) is 1. The van der Waals surface area contributed by atoms with Crippen molar-refractivity contribution in [3.05, 3.63) is 24.0 Å². The van der Waals surface area contributed by atoms with Crippen molar-refractivity contribution in [2.45, 2.75) is 6.92 Å². The van der Waals surface area contributed by atoms with Crippen molar-refractivity contribution >= 4 is 5.78 Å². The molecule has 1 N–H and O–H groups in total. The van der Waals surface area contributed by atoms with Crippen LogP contribution >= 0.6 is 0 Å². The molecule has 0 radical (unpaired) electrons. The molecule has 0 fully saturated rings. The molecule has 6 heteroatoms. The van der Waals surface area contributed by atoms with E-state index in [1.807, 2.05) is 0 Å². The molecule has 2 aromatic heterocycles. The maximum absolute atomic E-state index is 11.1. The monoisotopic (exact) mass is 189 g/mol. The highest BCUT2D eigenvalue weighted by Gasteiger charge is 2.14. The van der Waals surface area contributed by atoms with Crippen molar-refractivity contribution in [1.29, 1.82) is 0 Å². The summed E-state index contributed by atoms with van der Waals surface area (Å²) in [5.74, 6) is -0.153. The van der Waals surface area contributed by atoms with Crippen molar-refractivity contribution in [3.8, 4) is 11.4 Å². The van der Waals surface area contributed by atoms with Crippen LogP contribution in [0.15, 0.2) is 18.3 Å². The molecule has 14 heavy (non-hydrogen) atoms. The van der Waals surface area contributed by atoms with E-state index in [2.05, 4.69) is 25.6 Å². The zero-order valence-corrected chi connectivity index (χ0v) is 7.43. The van der Waals surface area contributed by atoms with Gasteiger partial charge in [0.1, 0.15) is 11.4 Å². The van der Waals surface area contributed by atoms with E-state index in [1.165, 1.54) is 6.92 Å². The van der Waals surface area contributed by atoms with E-state index < -0.39 is 0 Å². The van der Waals surface area contributed by atoms with E-state index in [9.17, 15) is 4.79 Å². The van der Waals surface area contributed by atoms with Gasteiger partial charge >= 0.3 is 0 Å². The van der Waals surface area contributed by atoms with Gasteiger partial charge in [-0.15, -0.1) is 5.10 Å². The van der Waals surface area contributed by atoms with Crippen LogP contribution < -0.4 is 0 Å². The molecule has 0 amide bonds. The van der Waals surface area contributed by atoms with Gasteiger partial charge in [-0.05, 0) is 12.1 Å². The van der Waals surface area contributed by atoms with Gasteiger partial charge in [0, 0.05) is 13.1 Å². The minimum atomic E-state index is -0.153. The standard InChI is InChI=1S/C8H7N5O/c1-5(14)7-8(12-13-11-7)6-3-2-4-9-10-6/h2-4H,1H3,(H,11,12,13). The third-order valence-electron chi connectivity index (χ3n) is 1.70. The van der Waals surface area contributed by atoms with Gasteiger partial charge in [0.2, 0.25) is 0 Å². The Morgan fingerprint density at radius 3 is 2.93 bits per heavy atom. The predicted octanol–water partition coefficient (Wildman–Crippen LogP) is 0.464. The van der Waals surface area contributed by atoms with Crippen molar-refractivity contribution in [2.75, 3.05) is 0 Å². The van der Waals surface area contributed by atoms with Gasteiger partial charge in [-0.2, -0.15) is 20.5 Å². The first-order valence-corrected chi connectivity index (χ1v) is 3.99. The Morgan fingerprint density at radius 1 is 1.43 bits per heavy atom. The molecule has 0 aliphatic heterocycles. The van der Waals surface area contributed by atoms with Crippen LogP contribution in [-0.2, 0) is 0 Å². The molecule has 2 heterocycles. The van der Waals surface area contributed by atoms with Crippen LogP contribution in [0, 0.1) is 0 Å².